The average molecular weight is 629 g/mol. The highest BCUT2D eigenvalue weighted by atomic mass is 16.7. The predicted molar refractivity (Wildman–Crippen MR) is 157 cm³/mol. The summed E-state index contributed by atoms with van der Waals surface area (Å²) < 4.78 is 24.8. The van der Waals surface area contributed by atoms with E-state index in [1.807, 2.05) is 6.92 Å². The van der Waals surface area contributed by atoms with Gasteiger partial charge in [-0.1, -0.05) is 6.92 Å². The van der Waals surface area contributed by atoms with Crippen LogP contribution in [0.3, 0.4) is 0 Å². The Labute approximate surface area is 257 Å². The number of carbonyl (C=O) groups is 1. The van der Waals surface area contributed by atoms with Crippen LogP contribution >= 0.6 is 0 Å². The van der Waals surface area contributed by atoms with Gasteiger partial charge in [0.1, 0.15) is 40.8 Å². The van der Waals surface area contributed by atoms with Gasteiger partial charge in [-0.15, -0.1) is 0 Å². The summed E-state index contributed by atoms with van der Waals surface area (Å²) in [5.74, 6) is -0.0518. The van der Waals surface area contributed by atoms with Gasteiger partial charge in [-0.2, -0.15) is 0 Å². The Kier molecular flexibility index (Phi) is 9.32. The van der Waals surface area contributed by atoms with E-state index < -0.39 is 82.6 Å². The molecule has 0 aromatic carbocycles. The van der Waals surface area contributed by atoms with Crippen molar-refractivity contribution in [1.29, 1.82) is 0 Å². The van der Waals surface area contributed by atoms with Crippen LogP contribution in [0, 0.1) is 5.41 Å². The van der Waals surface area contributed by atoms with Gasteiger partial charge in [-0.3, -0.25) is 4.79 Å². The van der Waals surface area contributed by atoms with Crippen LogP contribution < -0.4 is 33.6 Å². The molecule has 3 aliphatic heterocycles. The van der Waals surface area contributed by atoms with Crippen molar-refractivity contribution in [2.75, 3.05) is 33.3 Å². The van der Waals surface area contributed by atoms with Gasteiger partial charge in [0, 0.05) is 24.4 Å². The molecule has 14 N–H and O–H groups in total. The van der Waals surface area contributed by atoms with E-state index in [1.165, 1.54) is 6.92 Å². The topological polar surface area (TPSA) is 263 Å². The van der Waals surface area contributed by atoms with Crippen LogP contribution in [-0.4, -0.2) is 131 Å². The van der Waals surface area contributed by atoms with Crippen LogP contribution in [0.15, 0.2) is 11.8 Å². The molecule has 252 valence electrons. The molecule has 2 aliphatic carbocycles. The molecule has 1 unspecified atom stereocenters. The van der Waals surface area contributed by atoms with E-state index >= 15 is 0 Å². The molecule has 3 heterocycles. The van der Waals surface area contributed by atoms with E-state index in [4.69, 9.17) is 41.9 Å². The first kappa shape index (κ1) is 34.0. The lowest BCUT2D eigenvalue weighted by atomic mass is 9.56. The Morgan fingerprint density at radius 1 is 1.16 bits per heavy atom. The monoisotopic (exact) mass is 628 g/mol. The summed E-state index contributed by atoms with van der Waals surface area (Å²) in [6, 6.07) is -2.43. The van der Waals surface area contributed by atoms with Gasteiger partial charge < -0.3 is 72.9 Å². The minimum atomic E-state index is -1.94. The number of hydrogen-bond donors (Lipinski definition) is 10. The van der Waals surface area contributed by atoms with Crippen molar-refractivity contribution in [2.45, 2.75) is 124 Å². The molecule has 44 heavy (non-hydrogen) atoms. The van der Waals surface area contributed by atoms with Crippen molar-refractivity contribution in [3.63, 3.8) is 0 Å². The molecule has 12 atom stereocenters. The minimum Gasteiger partial charge on any atom is -0.467 e. The van der Waals surface area contributed by atoms with Gasteiger partial charge in [0.25, 0.3) is 0 Å². The number of ketones is 1. The Morgan fingerprint density at radius 3 is 2.45 bits per heavy atom. The van der Waals surface area contributed by atoms with Gasteiger partial charge in [0.05, 0.1) is 30.8 Å². The minimum absolute atomic E-state index is 0.127. The van der Waals surface area contributed by atoms with Gasteiger partial charge in [-0.25, -0.2) is 0 Å². The molecule has 5 aliphatic rings. The quantitative estimate of drug-likeness (QED) is 0.112. The first-order valence-corrected chi connectivity index (χ1v) is 15.6. The third-order valence-electron chi connectivity index (χ3n) is 10.6. The first-order valence-electron chi connectivity index (χ1n) is 15.6. The number of ether oxygens (including phenoxy) is 4. The second-order valence-electron chi connectivity index (χ2n) is 14.1. The van der Waals surface area contributed by atoms with Crippen LogP contribution in [0.25, 0.3) is 0 Å². The standard InChI is InChI=1S/C29H52N6O9/c1-25(6-7-25)29(44-24-19(37)21(34-3)26(2,39)14-41-24)22(38)20(43-23-16(31)5-4-15(12-30)42-23)17(32)10-28(29,33)18(36)11-27(40)8-9-35-13-27/h4,16-17,19-24,34-35,37-40H,5-14,30-33H2,1-3H3/t16-,17+,19-,20-,21-,22+,23-,24-,26+,27?,28+,29+/m1/s1. The number of nitrogens with one attached hydrogen (secondary N) is 2. The maximum atomic E-state index is 14.4. The zero-order chi connectivity index (χ0) is 32.3. The Morgan fingerprint density at radius 2 is 1.86 bits per heavy atom. The van der Waals surface area contributed by atoms with Crippen molar-refractivity contribution in [1.82, 2.24) is 10.6 Å². The summed E-state index contributed by atoms with van der Waals surface area (Å²) in [4.78, 5) is 14.4. The van der Waals surface area contributed by atoms with Crippen LogP contribution in [-0.2, 0) is 23.7 Å². The fourth-order valence-corrected chi connectivity index (χ4v) is 7.79. The van der Waals surface area contributed by atoms with Crippen molar-refractivity contribution in [2.24, 2.45) is 28.3 Å². The summed E-state index contributed by atoms with van der Waals surface area (Å²) in [7, 11) is 1.59. The lowest BCUT2D eigenvalue weighted by molar-refractivity contribution is -0.353. The molecule has 0 spiro atoms. The molecule has 2 saturated heterocycles. The van der Waals surface area contributed by atoms with Gasteiger partial charge >= 0.3 is 0 Å². The summed E-state index contributed by atoms with van der Waals surface area (Å²) >= 11 is 0. The van der Waals surface area contributed by atoms with Crippen LogP contribution in [0.1, 0.15) is 52.4 Å². The molecule has 0 aromatic rings. The summed E-state index contributed by atoms with van der Waals surface area (Å²) in [6.07, 6.45) is -3.48. The van der Waals surface area contributed by atoms with E-state index in [1.54, 1.807) is 13.1 Å². The lowest BCUT2D eigenvalue weighted by Gasteiger charge is -2.61. The third-order valence-corrected chi connectivity index (χ3v) is 10.6. The lowest BCUT2D eigenvalue weighted by Crippen LogP contribution is -2.83. The highest BCUT2D eigenvalue weighted by Gasteiger charge is 2.76. The number of rotatable bonds is 10. The zero-order valence-electron chi connectivity index (χ0n) is 25.9. The predicted octanol–water partition coefficient (Wildman–Crippen LogP) is -3.63. The Hall–Kier alpha value is -1.31. The molecular weight excluding hydrogens is 576 g/mol. The van der Waals surface area contributed by atoms with Crippen molar-refractivity contribution >= 4 is 5.78 Å². The van der Waals surface area contributed by atoms with Crippen molar-refractivity contribution < 1.29 is 44.2 Å². The number of aliphatic hydroxyl groups is 4. The number of β-amino-alcohol motifs (C(OH)–C–C–N with tert-alkyl or cyclic N) is 1. The van der Waals surface area contributed by atoms with E-state index in [-0.39, 0.29) is 32.5 Å². The summed E-state index contributed by atoms with van der Waals surface area (Å²) in [5.41, 5.74) is 18.5. The van der Waals surface area contributed by atoms with Gasteiger partial charge in [-0.05, 0) is 58.7 Å². The number of carbonyl (C=O) groups excluding carboxylic acids is 1. The molecule has 0 bridgehead atoms. The molecule has 0 amide bonds. The molecule has 4 fully saturated rings. The Balaban J connectivity index is 1.56. The summed E-state index contributed by atoms with van der Waals surface area (Å²) in [5, 5.41) is 51.9. The molecule has 15 heteroatoms. The maximum Gasteiger partial charge on any atom is 0.215 e. The largest absolute Gasteiger partial charge is 0.467 e. The average Bonchev–Trinajstić information content (AvgIpc) is 3.57. The maximum absolute atomic E-state index is 14.4. The molecule has 0 radical (unpaired) electrons. The first-order chi connectivity index (χ1) is 20.6. The molecule has 5 rings (SSSR count). The zero-order valence-corrected chi connectivity index (χ0v) is 25.9. The molecule has 2 saturated carbocycles. The fraction of sp³-hybridized carbons (Fsp3) is 0.897. The normalized spacial score (nSPS) is 48.8. The van der Waals surface area contributed by atoms with Crippen LogP contribution in [0.2, 0.25) is 0 Å². The van der Waals surface area contributed by atoms with Gasteiger partial charge in [0.2, 0.25) is 6.29 Å². The highest BCUT2D eigenvalue weighted by Crippen LogP contribution is 2.64. The van der Waals surface area contributed by atoms with E-state index in [0.29, 0.717) is 38.0 Å². The van der Waals surface area contributed by atoms with E-state index in [9.17, 15) is 25.2 Å². The Bertz CT molecular complexity index is 1100. The SMILES string of the molecule is CN[C@@H]1[C@@H](O)[C@@H](O[C@]2(C3(C)CC3)[C@@H](O)[C@H](O[C@H]3OC(CN)=CC[C@H]3N)[C@@H](N)C[C@]2(N)C(=O)CC2(O)CCNC2)OC[C@]1(C)O. The molecular formula is C29H52N6O9. The van der Waals surface area contributed by atoms with Crippen LogP contribution in [0.4, 0.5) is 0 Å². The highest BCUT2D eigenvalue weighted by molar-refractivity contribution is 5.91. The number of likely N-dealkylation sites (N-methyl/N-ethyl adjacent to an activating group) is 1. The van der Waals surface area contributed by atoms with Crippen molar-refractivity contribution in [3.8, 4) is 0 Å². The van der Waals surface area contributed by atoms with Gasteiger partial charge in [0.15, 0.2) is 12.1 Å². The summed E-state index contributed by atoms with van der Waals surface area (Å²) in [6.45, 7) is 4.03. The fourth-order valence-electron chi connectivity index (χ4n) is 7.79. The van der Waals surface area contributed by atoms with Crippen molar-refractivity contribution in [3.05, 3.63) is 11.8 Å². The number of aliphatic hydroxyl groups excluding tert-OH is 2. The number of Topliss-reactive ketones (excluding diaryl/α,β-unsaturated/α-hetero) is 1. The van der Waals surface area contributed by atoms with E-state index in [0.717, 1.165) is 0 Å². The molecule has 0 aromatic heterocycles. The van der Waals surface area contributed by atoms with E-state index in [2.05, 4.69) is 10.6 Å². The smallest absolute Gasteiger partial charge is 0.215 e. The second-order valence-corrected chi connectivity index (χ2v) is 14.1. The number of nitrogens with two attached hydrogens (primary N) is 4. The number of hydrogen-bond acceptors (Lipinski definition) is 15. The third kappa shape index (κ3) is 5.63. The second kappa shape index (κ2) is 12.0. The van der Waals surface area contributed by atoms with Crippen LogP contribution in [0.5, 0.6) is 0 Å². The molecule has 15 nitrogen and oxygen atoms in total.